The fourth-order valence-corrected chi connectivity index (χ4v) is 1.11. The average Bonchev–Trinajstić information content (AvgIpc) is 2.18. The molecule has 0 amide bonds. The first-order valence-electron chi connectivity index (χ1n) is 5.11. The minimum absolute atomic E-state index is 0.274. The topological polar surface area (TPSA) is 9.23 Å². The number of terminal acetylenes is 1. The monoisotopic (exact) mass is 192 g/mol. The summed E-state index contributed by atoms with van der Waals surface area (Å²) in [4.78, 5) is 0. The number of allylic oxidation sites excluding steroid dienone is 2. The Morgan fingerprint density at radius 2 is 2.07 bits per heavy atom. The number of hydrogen-bond acceptors (Lipinski definition) is 1. The maximum atomic E-state index is 5.78. The molecule has 0 N–H and O–H groups in total. The molecule has 0 unspecified atom stereocenters. The van der Waals surface area contributed by atoms with Gasteiger partial charge in [0, 0.05) is 6.42 Å². The molecule has 0 aliphatic rings. The number of hydrogen-bond donors (Lipinski definition) is 0. The smallest absolute Gasteiger partial charge is 0.119 e. The van der Waals surface area contributed by atoms with Crippen molar-refractivity contribution >= 4 is 0 Å². The minimum Gasteiger partial charge on any atom is -0.491 e. The van der Waals surface area contributed by atoms with Gasteiger partial charge in [-0.2, -0.15) is 0 Å². The van der Waals surface area contributed by atoms with Crippen molar-refractivity contribution in [3.63, 3.8) is 0 Å². The molecule has 1 nitrogen and oxygen atoms in total. The van der Waals surface area contributed by atoms with Crippen LogP contribution < -0.4 is 0 Å². The molecule has 0 heterocycles. The normalized spacial score (nSPS) is 11.2. The zero-order valence-electron chi connectivity index (χ0n) is 9.47. The third-order valence-electron chi connectivity index (χ3n) is 2.03. The molecule has 0 radical (unpaired) electrons. The molecule has 0 aliphatic carbocycles. The molecule has 0 spiro atoms. The highest BCUT2D eigenvalue weighted by atomic mass is 16.5. The fraction of sp³-hybridized carbons (Fsp3) is 0.538. The van der Waals surface area contributed by atoms with Gasteiger partial charge in [-0.05, 0) is 31.4 Å². The quantitative estimate of drug-likeness (QED) is 0.354. The fourth-order valence-electron chi connectivity index (χ4n) is 1.11. The van der Waals surface area contributed by atoms with E-state index in [0.717, 1.165) is 24.2 Å². The number of rotatable bonds is 6. The van der Waals surface area contributed by atoms with Gasteiger partial charge in [-0.3, -0.25) is 0 Å². The van der Waals surface area contributed by atoms with Crippen molar-refractivity contribution in [2.75, 3.05) is 0 Å². The van der Waals surface area contributed by atoms with Crippen LogP contribution in [-0.2, 0) is 4.74 Å². The standard InChI is InChI=1S/C13H20O/c1-6-9-10-13(11(4)5)14-12(7-2)8-3/h1,10,12H,4,7-9H2,2-3,5H3/b13-10+. The summed E-state index contributed by atoms with van der Waals surface area (Å²) >= 11 is 0. The van der Waals surface area contributed by atoms with Crippen molar-refractivity contribution in [2.45, 2.75) is 46.1 Å². The highest BCUT2D eigenvalue weighted by Gasteiger charge is 2.07. The van der Waals surface area contributed by atoms with E-state index in [9.17, 15) is 0 Å². The summed E-state index contributed by atoms with van der Waals surface area (Å²) in [5, 5.41) is 0. The van der Waals surface area contributed by atoms with Gasteiger partial charge in [-0.1, -0.05) is 20.4 Å². The van der Waals surface area contributed by atoms with E-state index in [0.29, 0.717) is 6.42 Å². The maximum absolute atomic E-state index is 5.78. The van der Waals surface area contributed by atoms with Crippen LogP contribution in [0.1, 0.15) is 40.0 Å². The molecule has 0 aromatic heterocycles. The molecular formula is C13H20O. The van der Waals surface area contributed by atoms with Crippen LogP contribution in [-0.4, -0.2) is 6.10 Å². The van der Waals surface area contributed by atoms with E-state index in [1.165, 1.54) is 0 Å². The lowest BCUT2D eigenvalue weighted by molar-refractivity contribution is 0.114. The molecule has 0 saturated heterocycles. The van der Waals surface area contributed by atoms with Crippen LogP contribution in [0.5, 0.6) is 0 Å². The van der Waals surface area contributed by atoms with Gasteiger partial charge in [-0.15, -0.1) is 12.3 Å². The van der Waals surface area contributed by atoms with Crippen LogP contribution in [0.4, 0.5) is 0 Å². The molecule has 1 heteroatoms. The van der Waals surface area contributed by atoms with Gasteiger partial charge in [-0.25, -0.2) is 0 Å². The third-order valence-corrected chi connectivity index (χ3v) is 2.03. The molecule has 0 fully saturated rings. The zero-order chi connectivity index (χ0) is 11.0. The molecule has 0 bridgehead atoms. The highest BCUT2D eigenvalue weighted by molar-refractivity contribution is 5.21. The first kappa shape index (κ1) is 12.8. The molecule has 0 saturated carbocycles. The van der Waals surface area contributed by atoms with E-state index in [4.69, 9.17) is 11.2 Å². The zero-order valence-corrected chi connectivity index (χ0v) is 9.47. The van der Waals surface area contributed by atoms with E-state index in [2.05, 4.69) is 26.3 Å². The summed E-state index contributed by atoms with van der Waals surface area (Å²) in [6, 6.07) is 0. The van der Waals surface area contributed by atoms with Crippen molar-refractivity contribution in [3.05, 3.63) is 24.0 Å². The van der Waals surface area contributed by atoms with Crippen LogP contribution in [0.3, 0.4) is 0 Å². The van der Waals surface area contributed by atoms with E-state index in [1.54, 1.807) is 0 Å². The lowest BCUT2D eigenvalue weighted by Gasteiger charge is -2.18. The van der Waals surface area contributed by atoms with Crippen LogP contribution in [0, 0.1) is 12.3 Å². The van der Waals surface area contributed by atoms with Gasteiger partial charge in [0.15, 0.2) is 0 Å². The lowest BCUT2D eigenvalue weighted by Crippen LogP contribution is -2.10. The molecule has 0 aliphatic heterocycles. The Kier molecular flexibility index (Phi) is 6.66. The Hall–Kier alpha value is -1.16. The second-order valence-electron chi connectivity index (χ2n) is 3.31. The van der Waals surface area contributed by atoms with Gasteiger partial charge < -0.3 is 4.74 Å². The van der Waals surface area contributed by atoms with E-state index in [-0.39, 0.29) is 6.10 Å². The van der Waals surface area contributed by atoms with Crippen LogP contribution in [0.25, 0.3) is 0 Å². The molecule has 14 heavy (non-hydrogen) atoms. The van der Waals surface area contributed by atoms with E-state index >= 15 is 0 Å². The van der Waals surface area contributed by atoms with Crippen molar-refractivity contribution < 1.29 is 4.74 Å². The Labute approximate surface area is 87.9 Å². The summed E-state index contributed by atoms with van der Waals surface area (Å²) in [7, 11) is 0. The summed E-state index contributed by atoms with van der Waals surface area (Å²) in [6.45, 7) is 10.0. The van der Waals surface area contributed by atoms with E-state index < -0.39 is 0 Å². The number of ether oxygens (including phenoxy) is 1. The minimum atomic E-state index is 0.274. The SMILES string of the molecule is C#CC/C=C(/OC(CC)CC)C(=C)C. The summed E-state index contributed by atoms with van der Waals surface area (Å²) in [5.74, 6) is 3.41. The molecular weight excluding hydrogens is 172 g/mol. The third kappa shape index (κ3) is 4.77. The maximum Gasteiger partial charge on any atom is 0.119 e. The van der Waals surface area contributed by atoms with Gasteiger partial charge in [0.2, 0.25) is 0 Å². The van der Waals surface area contributed by atoms with Gasteiger partial charge in [0.1, 0.15) is 5.76 Å². The predicted octanol–water partition coefficient (Wildman–Crippen LogP) is 3.67. The summed E-state index contributed by atoms with van der Waals surface area (Å²) in [5.41, 5.74) is 0.937. The van der Waals surface area contributed by atoms with Gasteiger partial charge >= 0.3 is 0 Å². The van der Waals surface area contributed by atoms with Crippen LogP contribution in [0.15, 0.2) is 24.0 Å². The van der Waals surface area contributed by atoms with E-state index in [1.807, 2.05) is 13.0 Å². The first-order valence-corrected chi connectivity index (χ1v) is 5.11. The van der Waals surface area contributed by atoms with Crippen LogP contribution >= 0.6 is 0 Å². The van der Waals surface area contributed by atoms with Crippen molar-refractivity contribution in [3.8, 4) is 12.3 Å². The van der Waals surface area contributed by atoms with Gasteiger partial charge in [0.05, 0.1) is 6.10 Å². The highest BCUT2D eigenvalue weighted by Crippen LogP contribution is 2.15. The Balaban J connectivity index is 4.38. The lowest BCUT2D eigenvalue weighted by atomic mass is 10.2. The average molecular weight is 192 g/mol. The first-order chi connectivity index (χ1) is 6.65. The largest absolute Gasteiger partial charge is 0.491 e. The van der Waals surface area contributed by atoms with Crippen molar-refractivity contribution in [2.24, 2.45) is 0 Å². The van der Waals surface area contributed by atoms with Crippen LogP contribution in [0.2, 0.25) is 0 Å². The van der Waals surface area contributed by atoms with Gasteiger partial charge in [0.25, 0.3) is 0 Å². The molecule has 0 atom stereocenters. The summed E-state index contributed by atoms with van der Waals surface area (Å²) < 4.78 is 5.78. The molecule has 0 aromatic carbocycles. The Morgan fingerprint density at radius 3 is 2.43 bits per heavy atom. The second-order valence-corrected chi connectivity index (χ2v) is 3.31. The molecule has 78 valence electrons. The molecule has 0 aromatic rings. The van der Waals surface area contributed by atoms with Crippen molar-refractivity contribution in [1.82, 2.24) is 0 Å². The van der Waals surface area contributed by atoms with Crippen molar-refractivity contribution in [1.29, 1.82) is 0 Å². The Bertz CT molecular complexity index is 238. The second kappa shape index (κ2) is 7.26. The summed E-state index contributed by atoms with van der Waals surface area (Å²) in [6.07, 6.45) is 10.0. The molecule has 0 rings (SSSR count). The predicted molar refractivity (Wildman–Crippen MR) is 61.8 cm³/mol. The Morgan fingerprint density at radius 1 is 1.50 bits per heavy atom.